The Labute approximate surface area is 148 Å². The summed E-state index contributed by atoms with van der Waals surface area (Å²) in [6, 6.07) is 9.10. The van der Waals surface area contributed by atoms with E-state index in [4.69, 9.17) is 0 Å². The summed E-state index contributed by atoms with van der Waals surface area (Å²) in [6.45, 7) is 0. The first-order valence-corrected chi connectivity index (χ1v) is 8.21. The first kappa shape index (κ1) is 18.3. The summed E-state index contributed by atoms with van der Waals surface area (Å²) >= 11 is 1.42. The molecule has 2 rings (SSSR count). The number of thiophene rings is 1. The van der Waals surface area contributed by atoms with Crippen LogP contribution in [0.2, 0.25) is 0 Å². The SMILES string of the molecule is COC(=O)CC(NC(=O)/C=C/c1cccc([N+](=O)[O-])c1)c1cccs1. The van der Waals surface area contributed by atoms with E-state index in [0.29, 0.717) is 5.56 Å². The van der Waals surface area contributed by atoms with Crippen molar-refractivity contribution in [3.63, 3.8) is 0 Å². The van der Waals surface area contributed by atoms with Gasteiger partial charge in [0.1, 0.15) is 0 Å². The fraction of sp³-hybridized carbons (Fsp3) is 0.176. The van der Waals surface area contributed by atoms with Crippen LogP contribution in [0.4, 0.5) is 5.69 Å². The molecule has 0 radical (unpaired) electrons. The number of benzene rings is 1. The Hall–Kier alpha value is -3.00. The van der Waals surface area contributed by atoms with Crippen LogP contribution in [0.25, 0.3) is 6.08 Å². The van der Waals surface area contributed by atoms with E-state index in [1.165, 1.54) is 42.7 Å². The molecule has 1 N–H and O–H groups in total. The molecule has 0 aliphatic carbocycles. The highest BCUT2D eigenvalue weighted by atomic mass is 32.1. The van der Waals surface area contributed by atoms with Crippen LogP contribution in [-0.4, -0.2) is 23.9 Å². The van der Waals surface area contributed by atoms with Gasteiger partial charge in [-0.15, -0.1) is 11.3 Å². The zero-order chi connectivity index (χ0) is 18.2. The molecule has 8 heteroatoms. The lowest BCUT2D eigenvalue weighted by Gasteiger charge is -2.15. The zero-order valence-electron chi connectivity index (χ0n) is 13.4. The number of ether oxygens (including phenoxy) is 1. The predicted octanol–water partition coefficient (Wildman–Crippen LogP) is 3.09. The van der Waals surface area contributed by atoms with Gasteiger partial charge < -0.3 is 10.1 Å². The van der Waals surface area contributed by atoms with E-state index in [1.54, 1.807) is 12.1 Å². The third-order valence-corrected chi connectivity index (χ3v) is 4.30. The van der Waals surface area contributed by atoms with Crippen molar-refractivity contribution >= 4 is 35.0 Å². The molecule has 1 unspecified atom stereocenters. The molecule has 7 nitrogen and oxygen atoms in total. The van der Waals surface area contributed by atoms with E-state index in [2.05, 4.69) is 10.1 Å². The Bertz CT molecular complexity index is 786. The number of rotatable bonds is 7. The normalized spacial score (nSPS) is 11.9. The number of hydrogen-bond acceptors (Lipinski definition) is 6. The van der Waals surface area contributed by atoms with Crippen LogP contribution in [0.5, 0.6) is 0 Å². The van der Waals surface area contributed by atoms with Crippen molar-refractivity contribution in [1.29, 1.82) is 0 Å². The molecule has 0 aliphatic heterocycles. The summed E-state index contributed by atoms with van der Waals surface area (Å²) in [5.74, 6) is -0.838. The molecule has 25 heavy (non-hydrogen) atoms. The van der Waals surface area contributed by atoms with Gasteiger partial charge in [0, 0.05) is 23.1 Å². The molecule has 2 aromatic rings. The Morgan fingerprint density at radius 2 is 2.16 bits per heavy atom. The molecule has 0 fully saturated rings. The largest absolute Gasteiger partial charge is 0.469 e. The summed E-state index contributed by atoms with van der Waals surface area (Å²) < 4.78 is 4.66. The molecule has 1 heterocycles. The van der Waals surface area contributed by atoms with Crippen molar-refractivity contribution in [3.05, 3.63) is 68.4 Å². The summed E-state index contributed by atoms with van der Waals surface area (Å²) in [7, 11) is 1.29. The molecule has 130 valence electrons. The molecule has 1 aromatic carbocycles. The topological polar surface area (TPSA) is 98.5 Å². The lowest BCUT2D eigenvalue weighted by molar-refractivity contribution is -0.384. The lowest BCUT2D eigenvalue weighted by atomic mass is 10.1. The van der Waals surface area contributed by atoms with Gasteiger partial charge in [0.05, 0.1) is 24.5 Å². The van der Waals surface area contributed by atoms with Crippen LogP contribution >= 0.6 is 11.3 Å². The van der Waals surface area contributed by atoms with Gasteiger partial charge in [0.2, 0.25) is 5.91 Å². The molecule has 0 bridgehead atoms. The second kappa shape index (κ2) is 8.74. The Balaban J connectivity index is 2.06. The van der Waals surface area contributed by atoms with Crippen molar-refractivity contribution in [3.8, 4) is 0 Å². The van der Waals surface area contributed by atoms with Crippen molar-refractivity contribution in [2.45, 2.75) is 12.5 Å². The molecule has 0 spiro atoms. The molecular formula is C17H16N2O5S. The minimum Gasteiger partial charge on any atom is -0.469 e. The number of carbonyl (C=O) groups excluding carboxylic acids is 2. The molecular weight excluding hydrogens is 344 g/mol. The number of methoxy groups -OCH3 is 1. The smallest absolute Gasteiger partial charge is 0.307 e. The number of nitrogens with zero attached hydrogens (tertiary/aromatic N) is 1. The monoisotopic (exact) mass is 360 g/mol. The third kappa shape index (κ3) is 5.54. The quantitative estimate of drug-likeness (QED) is 0.354. The minimum atomic E-state index is -0.499. The Kier molecular flexibility index (Phi) is 6.41. The number of nitro groups is 1. The van der Waals surface area contributed by atoms with Gasteiger partial charge in [0.15, 0.2) is 0 Å². The highest BCUT2D eigenvalue weighted by molar-refractivity contribution is 7.10. The second-order valence-electron chi connectivity index (χ2n) is 5.04. The van der Waals surface area contributed by atoms with Gasteiger partial charge >= 0.3 is 5.97 Å². The van der Waals surface area contributed by atoms with Gasteiger partial charge in [-0.05, 0) is 23.1 Å². The Morgan fingerprint density at radius 1 is 1.36 bits per heavy atom. The molecule has 1 aromatic heterocycles. The highest BCUT2D eigenvalue weighted by Gasteiger charge is 2.18. The van der Waals surface area contributed by atoms with E-state index >= 15 is 0 Å². The minimum absolute atomic E-state index is 0.0212. The summed E-state index contributed by atoms with van der Waals surface area (Å²) in [4.78, 5) is 34.8. The number of nitrogens with one attached hydrogen (secondary N) is 1. The van der Waals surface area contributed by atoms with Gasteiger partial charge in [0.25, 0.3) is 5.69 Å². The Morgan fingerprint density at radius 3 is 2.80 bits per heavy atom. The van der Waals surface area contributed by atoms with Gasteiger partial charge in [-0.3, -0.25) is 19.7 Å². The maximum absolute atomic E-state index is 12.1. The number of hydrogen-bond donors (Lipinski definition) is 1. The summed E-state index contributed by atoms with van der Waals surface area (Å²) in [5.41, 5.74) is 0.481. The lowest BCUT2D eigenvalue weighted by Crippen LogP contribution is -2.28. The van der Waals surface area contributed by atoms with E-state index in [0.717, 1.165) is 4.88 Å². The number of nitro benzene ring substituents is 1. The van der Waals surface area contributed by atoms with E-state index in [-0.39, 0.29) is 12.1 Å². The number of carbonyl (C=O) groups is 2. The van der Waals surface area contributed by atoms with Crippen molar-refractivity contribution < 1.29 is 19.2 Å². The predicted molar refractivity (Wildman–Crippen MR) is 94.0 cm³/mol. The fourth-order valence-corrected chi connectivity index (χ4v) is 2.87. The van der Waals surface area contributed by atoms with E-state index in [9.17, 15) is 19.7 Å². The standard InChI is InChI=1S/C17H16N2O5S/c1-24-17(21)11-14(15-6-3-9-25-15)18-16(20)8-7-12-4-2-5-13(10-12)19(22)23/h2-10,14H,11H2,1H3,(H,18,20)/b8-7+. The van der Waals surface area contributed by atoms with Crippen LogP contribution in [0, 0.1) is 10.1 Å². The number of non-ortho nitro benzene ring substituents is 1. The maximum Gasteiger partial charge on any atom is 0.307 e. The number of esters is 1. The third-order valence-electron chi connectivity index (χ3n) is 3.31. The first-order chi connectivity index (χ1) is 12.0. The fourth-order valence-electron chi connectivity index (χ4n) is 2.10. The van der Waals surface area contributed by atoms with Gasteiger partial charge in [-0.25, -0.2) is 0 Å². The maximum atomic E-state index is 12.1. The average molecular weight is 360 g/mol. The van der Waals surface area contributed by atoms with Gasteiger partial charge in [-0.2, -0.15) is 0 Å². The number of amides is 1. The molecule has 1 atom stereocenters. The van der Waals surface area contributed by atoms with Crippen molar-refractivity contribution in [2.24, 2.45) is 0 Å². The summed E-state index contributed by atoms with van der Waals surface area (Å²) in [5, 5.41) is 15.4. The molecule has 1 amide bonds. The van der Waals surface area contributed by atoms with E-state index in [1.807, 2.05) is 17.5 Å². The van der Waals surface area contributed by atoms with Crippen LogP contribution in [-0.2, 0) is 14.3 Å². The van der Waals surface area contributed by atoms with Crippen molar-refractivity contribution in [1.82, 2.24) is 5.32 Å². The van der Waals surface area contributed by atoms with Crippen molar-refractivity contribution in [2.75, 3.05) is 7.11 Å². The highest BCUT2D eigenvalue weighted by Crippen LogP contribution is 2.22. The molecule has 0 saturated heterocycles. The van der Waals surface area contributed by atoms with Crippen LogP contribution in [0.3, 0.4) is 0 Å². The van der Waals surface area contributed by atoms with E-state index < -0.39 is 22.8 Å². The summed E-state index contributed by atoms with van der Waals surface area (Å²) in [6.07, 6.45) is 2.77. The molecule has 0 saturated carbocycles. The second-order valence-corrected chi connectivity index (χ2v) is 6.02. The van der Waals surface area contributed by atoms with Crippen LogP contribution in [0.1, 0.15) is 22.9 Å². The van der Waals surface area contributed by atoms with Gasteiger partial charge in [-0.1, -0.05) is 18.2 Å². The average Bonchev–Trinajstić information content (AvgIpc) is 3.14. The van der Waals surface area contributed by atoms with Crippen LogP contribution in [0.15, 0.2) is 47.9 Å². The molecule has 0 aliphatic rings. The van der Waals surface area contributed by atoms with Crippen LogP contribution < -0.4 is 5.32 Å². The first-order valence-electron chi connectivity index (χ1n) is 7.33. The zero-order valence-corrected chi connectivity index (χ0v) is 14.2.